The van der Waals surface area contributed by atoms with Crippen molar-refractivity contribution in [3.63, 3.8) is 0 Å². The Balaban J connectivity index is 2.09. The average molecular weight is 477 g/mol. The zero-order chi connectivity index (χ0) is 24.9. The molecule has 4 aromatic rings. The van der Waals surface area contributed by atoms with E-state index in [1.807, 2.05) is 13.0 Å². The van der Waals surface area contributed by atoms with E-state index in [1.165, 1.54) is 25.0 Å². The molecule has 0 unspecified atom stereocenters. The van der Waals surface area contributed by atoms with Crippen molar-refractivity contribution in [3.05, 3.63) is 77.7 Å². The lowest BCUT2D eigenvalue weighted by Crippen LogP contribution is -2.15. The van der Waals surface area contributed by atoms with E-state index < -0.39 is 17.8 Å². The van der Waals surface area contributed by atoms with Crippen LogP contribution < -0.4 is 4.74 Å². The van der Waals surface area contributed by atoms with Gasteiger partial charge in [-0.15, -0.1) is 0 Å². The summed E-state index contributed by atoms with van der Waals surface area (Å²) in [6.07, 6.45) is 1.68. The third-order valence-corrected chi connectivity index (χ3v) is 5.60. The number of rotatable bonds is 8. The van der Waals surface area contributed by atoms with E-state index in [1.54, 1.807) is 48.5 Å². The number of halogens is 1. The Morgan fingerprint density at radius 2 is 1.60 bits per heavy atom. The number of hydrogen-bond donors (Lipinski definition) is 0. The van der Waals surface area contributed by atoms with Gasteiger partial charge in [0.2, 0.25) is 0 Å². The van der Waals surface area contributed by atoms with Crippen LogP contribution in [0.2, 0.25) is 0 Å². The van der Waals surface area contributed by atoms with Crippen LogP contribution in [0.15, 0.2) is 60.7 Å². The number of benzene rings is 3. The van der Waals surface area contributed by atoms with Gasteiger partial charge in [0.1, 0.15) is 22.8 Å². The van der Waals surface area contributed by atoms with E-state index in [-0.39, 0.29) is 22.5 Å². The molecule has 1 heterocycles. The van der Waals surface area contributed by atoms with E-state index in [0.717, 1.165) is 12.8 Å². The summed E-state index contributed by atoms with van der Waals surface area (Å²) in [5.74, 6) is -1.74. The van der Waals surface area contributed by atoms with Crippen LogP contribution in [0, 0.1) is 5.82 Å². The van der Waals surface area contributed by atoms with Gasteiger partial charge in [0.25, 0.3) is 0 Å². The van der Waals surface area contributed by atoms with Gasteiger partial charge in [0.15, 0.2) is 5.69 Å². The molecule has 35 heavy (non-hydrogen) atoms. The zero-order valence-corrected chi connectivity index (χ0v) is 19.7. The fourth-order valence-electron chi connectivity index (χ4n) is 3.90. The van der Waals surface area contributed by atoms with Crippen molar-refractivity contribution in [2.24, 2.45) is 0 Å². The number of esters is 2. The fourth-order valence-corrected chi connectivity index (χ4v) is 3.90. The summed E-state index contributed by atoms with van der Waals surface area (Å²) in [4.78, 5) is 25.9. The molecule has 0 atom stereocenters. The van der Waals surface area contributed by atoms with Crippen molar-refractivity contribution < 1.29 is 28.2 Å². The minimum atomic E-state index is -0.810. The molecule has 8 heteroatoms. The fraction of sp³-hybridized carbons (Fsp3) is 0.222. The summed E-state index contributed by atoms with van der Waals surface area (Å²) in [6, 6.07) is 17.0. The highest BCUT2D eigenvalue weighted by atomic mass is 19.1. The van der Waals surface area contributed by atoms with Gasteiger partial charge in [0, 0.05) is 16.3 Å². The maximum Gasteiger partial charge on any atom is 0.357 e. The second-order valence-corrected chi connectivity index (χ2v) is 7.79. The highest BCUT2D eigenvalue weighted by molar-refractivity contribution is 6.08. The molecule has 0 amide bonds. The second-order valence-electron chi connectivity index (χ2n) is 7.79. The van der Waals surface area contributed by atoms with Crippen LogP contribution in [0.5, 0.6) is 5.75 Å². The molecule has 7 nitrogen and oxygen atoms in total. The minimum absolute atomic E-state index is 0.0530. The van der Waals surface area contributed by atoms with Crippen LogP contribution in [-0.4, -0.2) is 42.5 Å². The van der Waals surface area contributed by atoms with E-state index in [2.05, 4.69) is 5.10 Å². The first-order chi connectivity index (χ1) is 17.0. The van der Waals surface area contributed by atoms with Crippen LogP contribution in [0.1, 0.15) is 40.6 Å². The Bertz CT molecular complexity index is 1380. The number of nitrogens with zero attached hydrogens (tertiary/aromatic N) is 2. The molecule has 0 N–H and O–H groups in total. The zero-order valence-electron chi connectivity index (χ0n) is 19.7. The van der Waals surface area contributed by atoms with Crippen molar-refractivity contribution >= 4 is 22.7 Å². The maximum atomic E-state index is 15.3. The predicted molar refractivity (Wildman–Crippen MR) is 130 cm³/mol. The van der Waals surface area contributed by atoms with Crippen LogP contribution in [0.25, 0.3) is 27.7 Å². The first kappa shape index (κ1) is 23.9. The van der Waals surface area contributed by atoms with Gasteiger partial charge in [-0.2, -0.15) is 5.10 Å². The average Bonchev–Trinajstić information content (AvgIpc) is 3.30. The molecule has 1 aromatic heterocycles. The van der Waals surface area contributed by atoms with Gasteiger partial charge in [-0.3, -0.25) is 0 Å². The molecule has 0 aliphatic carbocycles. The van der Waals surface area contributed by atoms with E-state index in [9.17, 15) is 9.59 Å². The Kier molecular flexibility index (Phi) is 7.10. The first-order valence-electron chi connectivity index (χ1n) is 11.2. The molecule has 0 saturated heterocycles. The molecule has 0 saturated carbocycles. The number of aromatic nitrogens is 2. The predicted octanol–water partition coefficient (Wildman–Crippen LogP) is 5.58. The first-order valence-corrected chi connectivity index (χ1v) is 11.2. The van der Waals surface area contributed by atoms with Crippen LogP contribution in [0.3, 0.4) is 0 Å². The summed E-state index contributed by atoms with van der Waals surface area (Å²) >= 11 is 0. The van der Waals surface area contributed by atoms with E-state index >= 15 is 4.39 Å². The Labute approximate surface area is 202 Å². The largest absolute Gasteiger partial charge is 0.492 e. The normalized spacial score (nSPS) is 10.9. The number of ether oxygens (including phenoxy) is 3. The van der Waals surface area contributed by atoms with Crippen LogP contribution >= 0.6 is 0 Å². The molecule has 0 radical (unpaired) electrons. The number of fused-ring (bicyclic) bond motifs is 1. The molecule has 0 bridgehead atoms. The molecule has 0 fully saturated rings. The van der Waals surface area contributed by atoms with Gasteiger partial charge in [-0.1, -0.05) is 55.8 Å². The van der Waals surface area contributed by atoms with Crippen LogP contribution in [0.4, 0.5) is 4.39 Å². The van der Waals surface area contributed by atoms with Gasteiger partial charge in [-0.05, 0) is 24.6 Å². The molecule has 0 aliphatic heterocycles. The van der Waals surface area contributed by atoms with E-state index in [4.69, 9.17) is 14.2 Å². The third kappa shape index (κ3) is 4.47. The highest BCUT2D eigenvalue weighted by Gasteiger charge is 2.33. The number of carbonyl (C=O) groups is 2. The molecule has 0 aliphatic rings. The Morgan fingerprint density at radius 3 is 2.26 bits per heavy atom. The topological polar surface area (TPSA) is 79.7 Å². The lowest BCUT2D eigenvalue weighted by molar-refractivity contribution is 0.0549. The number of carbonyl (C=O) groups excluding carboxylic acids is 2. The number of para-hydroxylation sites is 1. The van der Waals surface area contributed by atoms with Gasteiger partial charge in [0.05, 0.1) is 26.5 Å². The van der Waals surface area contributed by atoms with Crippen molar-refractivity contribution in [2.45, 2.75) is 19.8 Å². The molecule has 3 aromatic carbocycles. The lowest BCUT2D eigenvalue weighted by Gasteiger charge is -2.15. The van der Waals surface area contributed by atoms with Crippen molar-refractivity contribution in [3.8, 4) is 22.7 Å². The molecular weight excluding hydrogens is 451 g/mol. The molecule has 180 valence electrons. The summed E-state index contributed by atoms with van der Waals surface area (Å²) < 4.78 is 32.7. The smallest absolute Gasteiger partial charge is 0.357 e. The highest BCUT2D eigenvalue weighted by Crippen LogP contribution is 2.41. The summed E-state index contributed by atoms with van der Waals surface area (Å²) in [5.41, 5.74) is 0.528. The van der Waals surface area contributed by atoms with E-state index in [0.29, 0.717) is 28.8 Å². The summed E-state index contributed by atoms with van der Waals surface area (Å²) in [7, 11) is 2.41. The second kappa shape index (κ2) is 10.4. The monoisotopic (exact) mass is 476 g/mol. The summed E-state index contributed by atoms with van der Waals surface area (Å²) in [6.45, 7) is 2.42. The van der Waals surface area contributed by atoms with Crippen molar-refractivity contribution in [1.82, 2.24) is 9.78 Å². The van der Waals surface area contributed by atoms with Crippen molar-refractivity contribution in [1.29, 1.82) is 0 Å². The number of hydrogen-bond acceptors (Lipinski definition) is 6. The van der Waals surface area contributed by atoms with Crippen LogP contribution in [-0.2, 0) is 9.47 Å². The van der Waals surface area contributed by atoms with Gasteiger partial charge >= 0.3 is 11.9 Å². The van der Waals surface area contributed by atoms with Gasteiger partial charge in [-0.25, -0.2) is 18.7 Å². The summed E-state index contributed by atoms with van der Waals surface area (Å²) in [5, 5.41) is 5.50. The maximum absolute atomic E-state index is 15.3. The minimum Gasteiger partial charge on any atom is -0.492 e. The number of unbranched alkanes of at least 4 members (excludes halogenated alkanes) is 1. The number of methoxy groups -OCH3 is 2. The third-order valence-electron chi connectivity index (χ3n) is 5.60. The van der Waals surface area contributed by atoms with Gasteiger partial charge < -0.3 is 14.2 Å². The molecular formula is C27H25FN2O5. The standard InChI is InChI=1S/C27H25FN2O5/c1-4-5-15-35-25-19-14-10-9-13-18(19)21(28)16-20(25)23-22(26(31)33-2)24(27(32)34-3)30(29-23)17-11-7-6-8-12-17/h6-14,16H,4-5,15H2,1-3H3. The lowest BCUT2D eigenvalue weighted by atomic mass is 9.99. The Morgan fingerprint density at radius 1 is 0.943 bits per heavy atom. The molecule has 4 rings (SSSR count). The van der Waals surface area contributed by atoms with Crippen molar-refractivity contribution in [2.75, 3.05) is 20.8 Å². The molecule has 0 spiro atoms. The quantitative estimate of drug-likeness (QED) is 0.244. The SMILES string of the molecule is CCCCOc1c(-c2nn(-c3ccccc3)c(C(=O)OC)c2C(=O)OC)cc(F)c2ccccc12. The Hall–Kier alpha value is -4.20.